The van der Waals surface area contributed by atoms with Crippen LogP contribution >= 0.6 is 0 Å². The Kier molecular flexibility index (Phi) is 4.84. The Morgan fingerprint density at radius 3 is 2.73 bits per heavy atom. The lowest BCUT2D eigenvalue weighted by Crippen LogP contribution is -2.53. The lowest BCUT2D eigenvalue weighted by Gasteiger charge is -2.34. The number of amides is 1. The Hall–Kier alpha value is -2.09. The fraction of sp³-hybridized carbons (Fsp3) is 0.526. The molecule has 4 rings (SSSR count). The van der Waals surface area contributed by atoms with Crippen molar-refractivity contribution in [2.24, 2.45) is 0 Å². The van der Waals surface area contributed by atoms with Gasteiger partial charge in [0, 0.05) is 31.0 Å². The van der Waals surface area contributed by atoms with Crippen LogP contribution in [0, 0.1) is 0 Å². The molecule has 138 valence electrons. The second-order valence-corrected chi connectivity index (χ2v) is 7.25. The van der Waals surface area contributed by atoms with E-state index in [2.05, 4.69) is 14.9 Å². The van der Waals surface area contributed by atoms with Crippen LogP contribution < -0.4 is 0 Å². The van der Waals surface area contributed by atoms with Gasteiger partial charge in [-0.25, -0.2) is 0 Å². The summed E-state index contributed by atoms with van der Waals surface area (Å²) in [6.45, 7) is 3.98. The predicted octanol–water partition coefficient (Wildman–Crippen LogP) is 0.929. The molecule has 0 aliphatic carbocycles. The summed E-state index contributed by atoms with van der Waals surface area (Å²) >= 11 is 0. The Morgan fingerprint density at radius 2 is 1.92 bits per heavy atom. The van der Waals surface area contributed by atoms with E-state index in [9.17, 15) is 9.90 Å². The molecule has 3 heterocycles. The minimum Gasteiger partial charge on any atom is -0.384 e. The number of carbonyl (C=O) groups excluding carboxylic acids is 1. The largest absolute Gasteiger partial charge is 0.384 e. The van der Waals surface area contributed by atoms with Gasteiger partial charge >= 0.3 is 0 Å². The summed E-state index contributed by atoms with van der Waals surface area (Å²) in [4.78, 5) is 25.5. The molecule has 0 saturated carbocycles. The summed E-state index contributed by atoms with van der Waals surface area (Å²) in [6, 6.07) is 5.33. The van der Waals surface area contributed by atoms with Gasteiger partial charge in [-0.05, 0) is 44.1 Å². The van der Waals surface area contributed by atoms with Crippen LogP contribution in [0.1, 0.15) is 23.2 Å². The van der Waals surface area contributed by atoms with Crippen LogP contribution in [0.15, 0.2) is 30.6 Å². The third kappa shape index (κ3) is 3.70. The molecule has 0 unspecified atom stereocenters. The minimum atomic E-state index is -1.03. The van der Waals surface area contributed by atoms with Crippen LogP contribution in [0.2, 0.25) is 0 Å². The molecule has 1 N–H and O–H groups in total. The average molecular weight is 356 g/mol. The van der Waals surface area contributed by atoms with Crippen LogP contribution in [0.4, 0.5) is 0 Å². The van der Waals surface area contributed by atoms with Crippen molar-refractivity contribution < 1.29 is 14.6 Å². The molecule has 1 aromatic carbocycles. The smallest absolute Gasteiger partial charge is 0.254 e. The molecular formula is C19H24N4O3. The van der Waals surface area contributed by atoms with Crippen molar-refractivity contribution in [1.29, 1.82) is 0 Å². The van der Waals surface area contributed by atoms with E-state index < -0.39 is 5.60 Å². The first kappa shape index (κ1) is 17.3. The molecular weight excluding hydrogens is 332 g/mol. The van der Waals surface area contributed by atoms with Gasteiger partial charge in [0.25, 0.3) is 5.91 Å². The number of β-amino-alcohol motifs (C(OH)–C–C–N with tert-alkyl or cyclic N) is 1. The highest BCUT2D eigenvalue weighted by molar-refractivity contribution is 5.97. The number of aromatic nitrogens is 2. The summed E-state index contributed by atoms with van der Waals surface area (Å²) < 4.78 is 5.61. The number of hydrogen-bond acceptors (Lipinski definition) is 6. The topological polar surface area (TPSA) is 78.8 Å². The number of aliphatic hydroxyl groups is 1. The number of carbonyl (C=O) groups is 1. The average Bonchev–Trinajstić information content (AvgIpc) is 3.08. The van der Waals surface area contributed by atoms with Crippen LogP contribution in [0.5, 0.6) is 0 Å². The van der Waals surface area contributed by atoms with Gasteiger partial charge in [0.15, 0.2) is 0 Å². The second-order valence-electron chi connectivity index (χ2n) is 7.25. The zero-order valence-electron chi connectivity index (χ0n) is 14.8. The molecule has 0 spiro atoms. The van der Waals surface area contributed by atoms with Gasteiger partial charge in [0.05, 0.1) is 30.8 Å². The zero-order chi connectivity index (χ0) is 18.0. The van der Waals surface area contributed by atoms with E-state index in [-0.39, 0.29) is 19.1 Å². The van der Waals surface area contributed by atoms with Gasteiger partial charge in [-0.15, -0.1) is 0 Å². The summed E-state index contributed by atoms with van der Waals surface area (Å²) in [5.41, 5.74) is 0.974. The molecule has 1 atom stereocenters. The van der Waals surface area contributed by atoms with Gasteiger partial charge in [0.2, 0.25) is 0 Å². The molecule has 7 nitrogen and oxygen atoms in total. The quantitative estimate of drug-likeness (QED) is 0.881. The fourth-order valence-corrected chi connectivity index (χ4v) is 3.82. The number of ether oxygens (including phenoxy) is 1. The number of nitrogens with zero attached hydrogens (tertiary/aromatic N) is 4. The third-order valence-corrected chi connectivity index (χ3v) is 5.08. The lowest BCUT2D eigenvalue weighted by atomic mass is 10.0. The maximum atomic E-state index is 13.0. The maximum absolute atomic E-state index is 13.0. The first-order chi connectivity index (χ1) is 12.6. The summed E-state index contributed by atoms with van der Waals surface area (Å²) in [6.07, 6.45) is 5.58. The van der Waals surface area contributed by atoms with Crippen LogP contribution in [0.3, 0.4) is 0 Å². The second kappa shape index (κ2) is 7.26. The van der Waals surface area contributed by atoms with Crippen molar-refractivity contribution in [2.45, 2.75) is 18.4 Å². The molecule has 1 amide bonds. The van der Waals surface area contributed by atoms with E-state index >= 15 is 0 Å². The number of likely N-dealkylation sites (tertiary alicyclic amines) is 1. The molecule has 1 aromatic heterocycles. The molecule has 2 fully saturated rings. The molecule has 2 saturated heterocycles. The molecule has 7 heteroatoms. The van der Waals surface area contributed by atoms with Gasteiger partial charge in [-0.2, -0.15) is 0 Å². The number of rotatable bonds is 3. The Labute approximate surface area is 152 Å². The maximum Gasteiger partial charge on any atom is 0.254 e. The zero-order valence-corrected chi connectivity index (χ0v) is 14.8. The molecule has 2 aliphatic rings. The van der Waals surface area contributed by atoms with E-state index in [4.69, 9.17) is 4.74 Å². The molecule has 2 aliphatic heterocycles. The first-order valence-electron chi connectivity index (χ1n) is 9.16. The predicted molar refractivity (Wildman–Crippen MR) is 96.9 cm³/mol. The molecule has 0 radical (unpaired) electrons. The van der Waals surface area contributed by atoms with Gasteiger partial charge < -0.3 is 19.6 Å². The van der Waals surface area contributed by atoms with E-state index in [0.717, 1.165) is 31.4 Å². The van der Waals surface area contributed by atoms with Crippen molar-refractivity contribution in [3.63, 3.8) is 0 Å². The summed E-state index contributed by atoms with van der Waals surface area (Å²) in [5.74, 6) is -0.108. The minimum absolute atomic E-state index is 0.108. The van der Waals surface area contributed by atoms with Gasteiger partial charge in [-0.1, -0.05) is 0 Å². The van der Waals surface area contributed by atoms with E-state index in [1.165, 1.54) is 0 Å². The van der Waals surface area contributed by atoms with Crippen molar-refractivity contribution in [2.75, 3.05) is 45.9 Å². The van der Waals surface area contributed by atoms with Gasteiger partial charge in [-0.3, -0.25) is 14.8 Å². The monoisotopic (exact) mass is 356 g/mol. The third-order valence-electron chi connectivity index (χ3n) is 5.08. The lowest BCUT2D eigenvalue weighted by molar-refractivity contribution is -0.0524. The highest BCUT2D eigenvalue weighted by Crippen LogP contribution is 2.20. The van der Waals surface area contributed by atoms with E-state index in [1.807, 2.05) is 0 Å². The van der Waals surface area contributed by atoms with Crippen LogP contribution in [-0.4, -0.2) is 82.3 Å². The van der Waals surface area contributed by atoms with Crippen molar-refractivity contribution in [1.82, 2.24) is 19.8 Å². The van der Waals surface area contributed by atoms with Crippen molar-refractivity contribution in [3.8, 4) is 0 Å². The molecule has 0 bridgehead atoms. The van der Waals surface area contributed by atoms with Crippen LogP contribution in [-0.2, 0) is 4.74 Å². The van der Waals surface area contributed by atoms with Crippen molar-refractivity contribution >= 4 is 16.9 Å². The SMILES string of the molecule is O=C(c1ccc2nccnc2c1)N1CCOC[C@](O)(CN2CCCC2)C1. The van der Waals surface area contributed by atoms with Gasteiger partial charge in [0.1, 0.15) is 5.60 Å². The molecule has 26 heavy (non-hydrogen) atoms. The highest BCUT2D eigenvalue weighted by Gasteiger charge is 2.36. The first-order valence-corrected chi connectivity index (χ1v) is 9.16. The fourth-order valence-electron chi connectivity index (χ4n) is 3.82. The van der Waals surface area contributed by atoms with Crippen molar-refractivity contribution in [3.05, 3.63) is 36.2 Å². The normalized spacial score (nSPS) is 24.7. The molecule has 2 aromatic rings. The van der Waals surface area contributed by atoms with E-state index in [0.29, 0.717) is 30.8 Å². The number of benzene rings is 1. The van der Waals surface area contributed by atoms with E-state index in [1.54, 1.807) is 35.5 Å². The number of fused-ring (bicyclic) bond motifs is 1. The number of hydrogen-bond donors (Lipinski definition) is 1. The summed E-state index contributed by atoms with van der Waals surface area (Å²) in [5, 5.41) is 11.1. The Morgan fingerprint density at radius 1 is 1.15 bits per heavy atom. The highest BCUT2D eigenvalue weighted by atomic mass is 16.5. The Balaban J connectivity index is 1.53. The standard InChI is InChI=1S/C19H24N4O3/c24-18(15-3-4-16-17(11-15)21-6-5-20-16)23-9-10-26-14-19(25,13-23)12-22-7-1-2-8-22/h3-6,11,25H,1-2,7-10,12-14H2/t19-/m0/s1. The summed E-state index contributed by atoms with van der Waals surface area (Å²) in [7, 11) is 0. The van der Waals surface area contributed by atoms with Crippen LogP contribution in [0.25, 0.3) is 11.0 Å². The Bertz CT molecular complexity index is 793.